The quantitative estimate of drug-likeness (QED) is 0.288. The van der Waals surface area contributed by atoms with E-state index in [-0.39, 0.29) is 11.6 Å². The van der Waals surface area contributed by atoms with E-state index in [1.54, 1.807) is 0 Å². The van der Waals surface area contributed by atoms with Crippen LogP contribution in [0.4, 0.5) is 26.3 Å². The highest BCUT2D eigenvalue weighted by Gasteiger charge is 2.47. The summed E-state index contributed by atoms with van der Waals surface area (Å²) in [6.45, 7) is 0. The van der Waals surface area contributed by atoms with Gasteiger partial charge in [0.2, 0.25) is 11.3 Å². The van der Waals surface area contributed by atoms with Crippen LogP contribution in [0.3, 0.4) is 0 Å². The number of benzene rings is 2. The molecule has 10 heteroatoms. The first-order valence-corrected chi connectivity index (χ1v) is 7.31. The number of carbonyl (C=O) groups is 1. The normalized spacial score (nSPS) is 12.4. The summed E-state index contributed by atoms with van der Waals surface area (Å²) < 4.78 is 77.9. The molecule has 0 radical (unpaired) electrons. The van der Waals surface area contributed by atoms with Gasteiger partial charge < -0.3 is 5.21 Å². The Bertz CT molecular complexity index is 1030. The fourth-order valence-electron chi connectivity index (χ4n) is 2.48. The van der Waals surface area contributed by atoms with Gasteiger partial charge in [0.1, 0.15) is 5.52 Å². The maximum atomic E-state index is 13.4. The van der Waals surface area contributed by atoms with Crippen molar-refractivity contribution in [1.29, 1.82) is 0 Å². The summed E-state index contributed by atoms with van der Waals surface area (Å²) in [5.41, 5.74) is -6.02. The Hall–Kier alpha value is -3.17. The summed E-state index contributed by atoms with van der Waals surface area (Å²) in [6, 6.07) is 8.38. The largest absolute Gasteiger partial charge is 0.618 e. The minimum absolute atomic E-state index is 0.151. The number of fused-ring (bicyclic) bond motifs is 1. The number of aromatic nitrogens is 2. The molecule has 3 aromatic rings. The van der Waals surface area contributed by atoms with E-state index in [1.807, 2.05) is 0 Å². The van der Waals surface area contributed by atoms with Crippen LogP contribution in [-0.2, 0) is 12.4 Å². The van der Waals surface area contributed by atoms with Crippen LogP contribution in [0.15, 0.2) is 48.5 Å². The summed E-state index contributed by atoms with van der Waals surface area (Å²) in [6.07, 6.45) is -10.2. The van der Waals surface area contributed by atoms with E-state index in [1.165, 1.54) is 30.3 Å². The Morgan fingerprint density at radius 3 is 2.11 bits per heavy atom. The predicted octanol–water partition coefficient (Wildman–Crippen LogP) is 4.14. The molecule has 0 amide bonds. The average molecular weight is 386 g/mol. The Kier molecular flexibility index (Phi) is 4.29. The number of nitrogens with zero attached hydrogens (tertiary/aromatic N) is 2. The molecule has 0 atom stereocenters. The lowest BCUT2D eigenvalue weighted by Gasteiger charge is -2.14. The van der Waals surface area contributed by atoms with Crippen LogP contribution in [0, 0.1) is 5.21 Å². The van der Waals surface area contributed by atoms with Crippen LogP contribution in [0.5, 0.6) is 0 Å². The molecule has 0 spiro atoms. The van der Waals surface area contributed by atoms with E-state index in [4.69, 9.17) is 0 Å². The van der Waals surface area contributed by atoms with Gasteiger partial charge in [-0.05, 0) is 12.1 Å². The molecule has 27 heavy (non-hydrogen) atoms. The van der Waals surface area contributed by atoms with Gasteiger partial charge in [0.25, 0.3) is 0 Å². The van der Waals surface area contributed by atoms with Crippen LogP contribution in [0.25, 0.3) is 11.0 Å². The summed E-state index contributed by atoms with van der Waals surface area (Å²) in [7, 11) is 0. The first-order chi connectivity index (χ1) is 12.5. The third kappa shape index (κ3) is 3.42. The summed E-state index contributed by atoms with van der Waals surface area (Å²) >= 11 is 0. The van der Waals surface area contributed by atoms with E-state index in [0.717, 1.165) is 6.07 Å². The van der Waals surface area contributed by atoms with Crippen molar-refractivity contribution in [2.24, 2.45) is 0 Å². The van der Waals surface area contributed by atoms with E-state index < -0.39 is 50.9 Å². The maximum absolute atomic E-state index is 13.4. The van der Waals surface area contributed by atoms with Gasteiger partial charge in [-0.15, -0.1) is 0 Å². The highest BCUT2D eigenvalue weighted by atomic mass is 19.4. The van der Waals surface area contributed by atoms with Crippen LogP contribution in [0.2, 0.25) is 0 Å². The van der Waals surface area contributed by atoms with Crippen LogP contribution in [-0.4, -0.2) is 10.8 Å². The lowest BCUT2D eigenvalue weighted by molar-refractivity contribution is -0.603. The summed E-state index contributed by atoms with van der Waals surface area (Å²) in [5.74, 6) is -1.17. The molecule has 0 saturated carbocycles. The van der Waals surface area contributed by atoms with Crippen molar-refractivity contribution in [3.8, 4) is 0 Å². The van der Waals surface area contributed by atoms with Gasteiger partial charge in [0, 0.05) is 11.6 Å². The fourth-order valence-corrected chi connectivity index (χ4v) is 2.48. The maximum Gasteiger partial charge on any atom is 0.481 e. The lowest BCUT2D eigenvalue weighted by atomic mass is 10.1. The molecule has 1 aromatic heterocycles. The molecular weight excluding hydrogens is 378 g/mol. The number of ketones is 1. The third-order valence-corrected chi connectivity index (χ3v) is 3.70. The van der Waals surface area contributed by atoms with E-state index in [9.17, 15) is 36.3 Å². The second-order valence-corrected chi connectivity index (χ2v) is 5.50. The zero-order chi connectivity index (χ0) is 20.0. The second kappa shape index (κ2) is 6.22. The zero-order valence-corrected chi connectivity index (χ0v) is 13.1. The summed E-state index contributed by atoms with van der Waals surface area (Å²) in [4.78, 5) is 16.0. The Morgan fingerprint density at radius 1 is 0.926 bits per heavy atom. The second-order valence-electron chi connectivity index (χ2n) is 5.50. The average Bonchev–Trinajstić information content (AvgIpc) is 2.59. The summed E-state index contributed by atoms with van der Waals surface area (Å²) in [5, 5.41) is 12.2. The first kappa shape index (κ1) is 18.6. The molecular formula is C17H8F6N2O2. The standard InChI is InChI=1S/C17H8F6N2O2/c18-16(19,20)10-6-7-11-12(8-10)25(27)15(17(21,22)23)13(24-11)14(26)9-4-2-1-3-5-9/h1-8H. The Balaban J connectivity index is 2.33. The number of alkyl halides is 6. The third-order valence-electron chi connectivity index (χ3n) is 3.70. The first-order valence-electron chi connectivity index (χ1n) is 7.31. The van der Waals surface area contributed by atoms with Crippen molar-refractivity contribution in [3.05, 3.63) is 76.3 Å². The highest BCUT2D eigenvalue weighted by Crippen LogP contribution is 2.33. The predicted molar refractivity (Wildman–Crippen MR) is 80.6 cm³/mol. The minimum Gasteiger partial charge on any atom is -0.618 e. The highest BCUT2D eigenvalue weighted by molar-refractivity contribution is 6.08. The molecule has 0 fully saturated rings. The SMILES string of the molecule is O=C(c1ccccc1)c1nc2ccc(C(F)(F)F)cc2[n+]([O-])c1C(F)(F)F. The van der Waals surface area contributed by atoms with E-state index in [2.05, 4.69) is 4.98 Å². The van der Waals surface area contributed by atoms with Gasteiger partial charge in [-0.3, -0.25) is 4.79 Å². The molecule has 0 saturated heterocycles. The molecule has 3 rings (SSSR count). The van der Waals surface area contributed by atoms with Gasteiger partial charge in [0.15, 0.2) is 5.69 Å². The topological polar surface area (TPSA) is 56.9 Å². The van der Waals surface area contributed by atoms with Gasteiger partial charge in [-0.1, -0.05) is 30.3 Å². The van der Waals surface area contributed by atoms with Gasteiger partial charge in [-0.25, -0.2) is 4.98 Å². The van der Waals surface area contributed by atoms with Crippen molar-refractivity contribution in [2.45, 2.75) is 12.4 Å². The van der Waals surface area contributed by atoms with Crippen LogP contribution < -0.4 is 4.73 Å². The number of hydrogen-bond donors (Lipinski definition) is 0. The number of carbonyl (C=O) groups excluding carboxylic acids is 1. The molecule has 0 aliphatic rings. The van der Waals surface area contributed by atoms with E-state index >= 15 is 0 Å². The van der Waals surface area contributed by atoms with Crippen molar-refractivity contribution < 1.29 is 35.9 Å². The van der Waals surface area contributed by atoms with E-state index in [0.29, 0.717) is 6.07 Å². The monoisotopic (exact) mass is 386 g/mol. The van der Waals surface area contributed by atoms with Gasteiger partial charge >= 0.3 is 18.0 Å². The Morgan fingerprint density at radius 2 is 1.56 bits per heavy atom. The van der Waals surface area contributed by atoms with Crippen molar-refractivity contribution in [2.75, 3.05) is 0 Å². The van der Waals surface area contributed by atoms with Crippen LogP contribution >= 0.6 is 0 Å². The molecule has 1 heterocycles. The molecule has 0 aliphatic carbocycles. The molecule has 2 aromatic carbocycles. The van der Waals surface area contributed by atoms with Gasteiger partial charge in [0.05, 0.1) is 5.56 Å². The van der Waals surface area contributed by atoms with Crippen molar-refractivity contribution in [1.82, 2.24) is 4.98 Å². The number of hydrogen-bond acceptors (Lipinski definition) is 3. The smallest absolute Gasteiger partial charge is 0.481 e. The molecule has 0 aliphatic heterocycles. The molecule has 0 unspecified atom stereocenters. The van der Waals surface area contributed by atoms with Crippen LogP contribution in [0.1, 0.15) is 27.3 Å². The number of rotatable bonds is 2. The molecule has 0 N–H and O–H groups in total. The number of halogens is 6. The van der Waals surface area contributed by atoms with Gasteiger partial charge in [-0.2, -0.15) is 31.1 Å². The zero-order valence-electron chi connectivity index (χ0n) is 13.1. The molecule has 140 valence electrons. The lowest BCUT2D eigenvalue weighted by Crippen LogP contribution is -2.41. The minimum atomic E-state index is -5.31. The molecule has 4 nitrogen and oxygen atoms in total. The van der Waals surface area contributed by atoms with Crippen molar-refractivity contribution >= 4 is 16.8 Å². The molecule has 0 bridgehead atoms. The fraction of sp³-hybridized carbons (Fsp3) is 0.118. The Labute approximate surface area is 147 Å². The van der Waals surface area contributed by atoms with Crippen molar-refractivity contribution in [3.63, 3.8) is 0 Å².